The van der Waals surface area contributed by atoms with Gasteiger partial charge in [-0.05, 0) is 57.6 Å². The Balaban J connectivity index is 1.57. The van der Waals surface area contributed by atoms with E-state index in [0.717, 1.165) is 54.9 Å². The Kier molecular flexibility index (Phi) is 5.72. The zero-order valence-corrected chi connectivity index (χ0v) is 18.2. The average molecular weight is 421 g/mol. The summed E-state index contributed by atoms with van der Waals surface area (Å²) in [6, 6.07) is 5.18. The first-order chi connectivity index (χ1) is 15.2. The molecule has 0 aliphatic heterocycles. The summed E-state index contributed by atoms with van der Waals surface area (Å²) < 4.78 is 2.27. The van der Waals surface area contributed by atoms with Crippen LogP contribution in [0.2, 0.25) is 0 Å². The van der Waals surface area contributed by atoms with Gasteiger partial charge in [0.15, 0.2) is 17.0 Å². The highest BCUT2D eigenvalue weighted by atomic mass is 15.3. The Morgan fingerprint density at radius 2 is 1.94 bits per heavy atom. The van der Waals surface area contributed by atoms with Gasteiger partial charge < -0.3 is 20.5 Å². The van der Waals surface area contributed by atoms with Crippen molar-refractivity contribution in [2.45, 2.75) is 76.4 Å². The van der Waals surface area contributed by atoms with Gasteiger partial charge in [0.25, 0.3) is 0 Å². The van der Waals surface area contributed by atoms with Gasteiger partial charge in [0.1, 0.15) is 0 Å². The fourth-order valence-corrected chi connectivity index (χ4v) is 5.02. The van der Waals surface area contributed by atoms with Gasteiger partial charge in [0.2, 0.25) is 5.95 Å². The van der Waals surface area contributed by atoms with Crippen LogP contribution in [0, 0.1) is 0 Å². The Morgan fingerprint density at radius 1 is 1.13 bits per heavy atom. The fourth-order valence-electron chi connectivity index (χ4n) is 5.02. The van der Waals surface area contributed by atoms with Crippen molar-refractivity contribution in [2.75, 3.05) is 16.8 Å². The lowest BCUT2D eigenvalue weighted by Gasteiger charge is -2.28. The first kappa shape index (κ1) is 20.2. The van der Waals surface area contributed by atoms with Gasteiger partial charge in [-0.25, -0.2) is 4.98 Å². The predicted molar refractivity (Wildman–Crippen MR) is 124 cm³/mol. The molecule has 0 spiro atoms. The number of nitrogens with one attached hydrogen (secondary N) is 1. The second-order valence-corrected chi connectivity index (χ2v) is 8.84. The highest BCUT2D eigenvalue weighted by Gasteiger charge is 2.25. The summed E-state index contributed by atoms with van der Waals surface area (Å²) >= 11 is 0. The summed E-state index contributed by atoms with van der Waals surface area (Å²) in [7, 11) is 0. The van der Waals surface area contributed by atoms with Gasteiger partial charge in [0.05, 0.1) is 18.2 Å². The van der Waals surface area contributed by atoms with Crippen LogP contribution in [0.1, 0.15) is 64.3 Å². The van der Waals surface area contributed by atoms with E-state index in [1.165, 1.54) is 25.7 Å². The van der Waals surface area contributed by atoms with Gasteiger partial charge in [-0.1, -0.05) is 12.8 Å². The molecular weight excluding hydrogens is 388 g/mol. The third-order valence-corrected chi connectivity index (χ3v) is 6.76. The van der Waals surface area contributed by atoms with Crippen LogP contribution in [0.15, 0.2) is 30.9 Å². The molecule has 2 saturated carbocycles. The number of aromatic nitrogens is 5. The Bertz CT molecular complexity index is 1000. The van der Waals surface area contributed by atoms with E-state index in [9.17, 15) is 0 Å². The lowest BCUT2D eigenvalue weighted by Crippen LogP contribution is -2.33. The largest absolute Gasteiger partial charge is 0.351 e. The predicted octanol–water partition coefficient (Wildman–Crippen LogP) is 4.18. The molecule has 3 aromatic heterocycles. The molecule has 0 radical (unpaired) electrons. The van der Waals surface area contributed by atoms with Crippen molar-refractivity contribution in [1.29, 1.82) is 0 Å². The molecule has 2 aliphatic rings. The van der Waals surface area contributed by atoms with Crippen molar-refractivity contribution < 1.29 is 0 Å². The molecule has 0 saturated heterocycles. The number of fused-ring (bicyclic) bond motifs is 1. The molecule has 0 amide bonds. The van der Waals surface area contributed by atoms with Gasteiger partial charge in [-0.2, -0.15) is 9.97 Å². The molecule has 5 rings (SSSR count). The number of hydrogen-bond acceptors (Lipinski definition) is 7. The van der Waals surface area contributed by atoms with Crippen LogP contribution in [-0.2, 0) is 0 Å². The molecular formula is C23H32N8. The molecule has 8 nitrogen and oxygen atoms in total. The summed E-state index contributed by atoms with van der Waals surface area (Å²) in [4.78, 5) is 21.2. The van der Waals surface area contributed by atoms with Crippen LogP contribution in [-0.4, -0.2) is 43.1 Å². The molecule has 0 atom stereocenters. The van der Waals surface area contributed by atoms with E-state index in [1.54, 1.807) is 6.20 Å². The molecule has 3 heterocycles. The van der Waals surface area contributed by atoms with Crippen molar-refractivity contribution in [1.82, 2.24) is 24.5 Å². The Labute approximate surface area is 183 Å². The number of rotatable bonds is 6. The number of nitrogens with two attached hydrogens (primary N) is 1. The van der Waals surface area contributed by atoms with Crippen molar-refractivity contribution >= 4 is 28.6 Å². The van der Waals surface area contributed by atoms with Gasteiger partial charge in [0, 0.05) is 30.9 Å². The zero-order valence-electron chi connectivity index (χ0n) is 18.2. The van der Waals surface area contributed by atoms with E-state index in [0.29, 0.717) is 24.1 Å². The van der Waals surface area contributed by atoms with Crippen molar-refractivity contribution in [3.05, 3.63) is 30.9 Å². The molecule has 0 bridgehead atoms. The standard InChI is InChI=1S/C23H32N8/c1-2-30(19-8-5-13-25-14-19)21-20-22(31(15-26-20)18-6-3-4-7-18)29-23(28-21)27-17-11-9-16(24)10-12-17/h5,8,13-18H,2-4,6-7,9-12,24H2,1H3,(H,27,28,29)/t16-,17-. The quantitative estimate of drug-likeness (QED) is 0.617. The number of nitrogens with zero attached hydrogens (tertiary/aromatic N) is 6. The lowest BCUT2D eigenvalue weighted by atomic mass is 9.92. The maximum Gasteiger partial charge on any atom is 0.227 e. The maximum atomic E-state index is 6.10. The molecule has 3 aromatic rings. The topological polar surface area (TPSA) is 97.8 Å². The monoisotopic (exact) mass is 420 g/mol. The smallest absolute Gasteiger partial charge is 0.227 e. The summed E-state index contributed by atoms with van der Waals surface area (Å²) in [5, 5.41) is 3.61. The van der Waals surface area contributed by atoms with E-state index >= 15 is 0 Å². The number of imidazole rings is 1. The van der Waals surface area contributed by atoms with Crippen molar-refractivity contribution in [3.8, 4) is 0 Å². The molecule has 0 aromatic carbocycles. The zero-order chi connectivity index (χ0) is 21.2. The van der Waals surface area contributed by atoms with Gasteiger partial charge in [-0.3, -0.25) is 4.98 Å². The highest BCUT2D eigenvalue weighted by Crippen LogP contribution is 2.35. The minimum Gasteiger partial charge on any atom is -0.351 e. The molecule has 2 aliphatic carbocycles. The maximum absolute atomic E-state index is 6.10. The summed E-state index contributed by atoms with van der Waals surface area (Å²) in [5.74, 6) is 1.53. The average Bonchev–Trinajstić information content (AvgIpc) is 3.46. The summed E-state index contributed by atoms with van der Waals surface area (Å²) in [6.07, 6.45) is 14.7. The molecule has 2 fully saturated rings. The van der Waals surface area contributed by atoms with Crippen molar-refractivity contribution in [3.63, 3.8) is 0 Å². The molecule has 8 heteroatoms. The Morgan fingerprint density at radius 3 is 2.65 bits per heavy atom. The van der Waals surface area contributed by atoms with Crippen LogP contribution in [0.25, 0.3) is 11.2 Å². The van der Waals surface area contributed by atoms with E-state index < -0.39 is 0 Å². The van der Waals surface area contributed by atoms with Crippen LogP contribution in [0.4, 0.5) is 17.5 Å². The number of hydrogen-bond donors (Lipinski definition) is 2. The fraction of sp³-hybridized carbons (Fsp3) is 0.565. The lowest BCUT2D eigenvalue weighted by molar-refractivity contribution is 0.410. The van der Waals surface area contributed by atoms with E-state index in [2.05, 4.69) is 32.8 Å². The molecule has 31 heavy (non-hydrogen) atoms. The molecule has 3 N–H and O–H groups in total. The van der Waals surface area contributed by atoms with Crippen LogP contribution in [0.5, 0.6) is 0 Å². The number of pyridine rings is 1. The second kappa shape index (κ2) is 8.78. The summed E-state index contributed by atoms with van der Waals surface area (Å²) in [5.41, 5.74) is 8.89. The SMILES string of the molecule is CCN(c1cccnc1)c1nc(N[C@H]2CC[C@H](N)CC2)nc2c1ncn2C1CCCC1. The van der Waals surface area contributed by atoms with Crippen LogP contribution >= 0.6 is 0 Å². The first-order valence-corrected chi connectivity index (χ1v) is 11.7. The highest BCUT2D eigenvalue weighted by molar-refractivity contribution is 5.87. The minimum atomic E-state index is 0.321. The first-order valence-electron chi connectivity index (χ1n) is 11.7. The normalized spacial score (nSPS) is 22.1. The third-order valence-electron chi connectivity index (χ3n) is 6.76. The summed E-state index contributed by atoms with van der Waals surface area (Å²) in [6.45, 7) is 2.90. The van der Waals surface area contributed by atoms with Gasteiger partial charge in [-0.15, -0.1) is 0 Å². The van der Waals surface area contributed by atoms with Gasteiger partial charge >= 0.3 is 0 Å². The molecule has 164 valence electrons. The minimum absolute atomic E-state index is 0.321. The third kappa shape index (κ3) is 4.08. The van der Waals surface area contributed by atoms with Crippen LogP contribution < -0.4 is 16.0 Å². The molecule has 0 unspecified atom stereocenters. The Hall–Kier alpha value is -2.74. The van der Waals surface area contributed by atoms with Crippen LogP contribution in [0.3, 0.4) is 0 Å². The van der Waals surface area contributed by atoms with E-state index in [-0.39, 0.29) is 0 Å². The second-order valence-electron chi connectivity index (χ2n) is 8.84. The van der Waals surface area contributed by atoms with E-state index in [1.807, 2.05) is 18.6 Å². The van der Waals surface area contributed by atoms with E-state index in [4.69, 9.17) is 20.7 Å². The van der Waals surface area contributed by atoms with Crippen molar-refractivity contribution in [2.24, 2.45) is 5.73 Å². The number of anilines is 3.